The number of benzene rings is 4. The molecule has 1 fully saturated rings. The summed E-state index contributed by atoms with van der Waals surface area (Å²) in [4.78, 5) is 17.1. The molecule has 64 heavy (non-hydrogen) atoms. The lowest BCUT2D eigenvalue weighted by Gasteiger charge is -2.37. The SMILES string of the molecule is CC1(CCCCC2C=CC=C2)C(=CC2C(=O)C(=CC3=[N+](CCOc4ccccc4)c4ccccc4C3(C)CCCCC3C=CC=C3)C2O)N(CCOc2ccccc2)c2ccccc21. The molecular formula is C58H63N2O4+. The van der Waals surface area contributed by atoms with Crippen LogP contribution in [0.1, 0.15) is 76.3 Å². The minimum atomic E-state index is -0.930. The molecule has 6 heteroatoms. The number of hydrogen-bond donors (Lipinski definition) is 1. The van der Waals surface area contributed by atoms with E-state index in [0.29, 0.717) is 43.7 Å². The maximum Gasteiger partial charge on any atom is 0.209 e. The Morgan fingerprint density at radius 3 is 1.83 bits per heavy atom. The van der Waals surface area contributed by atoms with Crippen LogP contribution in [0.5, 0.6) is 11.5 Å². The fourth-order valence-corrected chi connectivity index (χ4v) is 10.8. The van der Waals surface area contributed by atoms with Crippen LogP contribution in [0.25, 0.3) is 0 Å². The van der Waals surface area contributed by atoms with E-state index >= 15 is 0 Å². The number of hydrogen-bond acceptors (Lipinski definition) is 5. The number of aliphatic hydroxyl groups is 1. The molecular weight excluding hydrogens is 789 g/mol. The molecule has 9 rings (SSSR count). The number of carbonyl (C=O) groups is 1. The van der Waals surface area contributed by atoms with Crippen molar-refractivity contribution in [1.29, 1.82) is 0 Å². The van der Waals surface area contributed by atoms with Gasteiger partial charge in [-0.2, -0.15) is 4.58 Å². The Morgan fingerprint density at radius 2 is 1.20 bits per heavy atom. The number of fused-ring (bicyclic) bond motifs is 2. The average Bonchev–Trinajstić information content (AvgIpc) is 4.14. The molecule has 6 nitrogen and oxygen atoms in total. The normalized spacial score (nSPS) is 24.7. The van der Waals surface area contributed by atoms with Gasteiger partial charge in [-0.05, 0) is 87.3 Å². The van der Waals surface area contributed by atoms with E-state index in [2.05, 4.69) is 127 Å². The lowest BCUT2D eigenvalue weighted by Crippen LogP contribution is -2.46. The molecule has 4 aromatic carbocycles. The number of ketones is 1. The van der Waals surface area contributed by atoms with Gasteiger partial charge in [0.05, 0.1) is 24.0 Å². The van der Waals surface area contributed by atoms with Crippen LogP contribution in [0.15, 0.2) is 181 Å². The zero-order valence-corrected chi connectivity index (χ0v) is 37.5. The van der Waals surface area contributed by atoms with E-state index in [1.165, 1.54) is 11.1 Å². The highest BCUT2D eigenvalue weighted by Crippen LogP contribution is 2.52. The molecule has 4 aromatic rings. The van der Waals surface area contributed by atoms with Gasteiger partial charge in [0, 0.05) is 40.1 Å². The zero-order chi connectivity index (χ0) is 43.9. The first-order valence-corrected chi connectivity index (χ1v) is 23.7. The van der Waals surface area contributed by atoms with E-state index in [1.54, 1.807) is 0 Å². The highest BCUT2D eigenvalue weighted by molar-refractivity contribution is 6.14. The molecule has 0 amide bonds. The van der Waals surface area contributed by atoms with E-state index < -0.39 is 12.0 Å². The number of para-hydroxylation sites is 4. The lowest BCUT2D eigenvalue weighted by atomic mass is 9.69. The summed E-state index contributed by atoms with van der Waals surface area (Å²) in [6.45, 7) is 6.85. The van der Waals surface area contributed by atoms with Gasteiger partial charge in [0.15, 0.2) is 18.0 Å². The van der Waals surface area contributed by atoms with Gasteiger partial charge in [-0.3, -0.25) is 4.79 Å². The Bertz CT molecular complexity index is 2490. The summed E-state index contributed by atoms with van der Waals surface area (Å²) < 4.78 is 14.9. The Hall–Kier alpha value is -5.98. The van der Waals surface area contributed by atoms with Gasteiger partial charge in [-0.1, -0.05) is 153 Å². The maximum absolute atomic E-state index is 14.7. The van der Waals surface area contributed by atoms with Crippen molar-refractivity contribution in [3.8, 4) is 11.5 Å². The molecule has 3 aliphatic carbocycles. The molecule has 1 N–H and O–H groups in total. The van der Waals surface area contributed by atoms with Crippen molar-refractivity contribution in [2.75, 3.05) is 31.2 Å². The van der Waals surface area contributed by atoms with Gasteiger partial charge in [0.2, 0.25) is 5.69 Å². The number of unbranched alkanes of at least 4 members (excludes halogenated alkanes) is 2. The van der Waals surface area contributed by atoms with Crippen molar-refractivity contribution in [2.45, 2.75) is 82.1 Å². The number of allylic oxidation sites excluding steroid dienone is 10. The Kier molecular flexibility index (Phi) is 13.1. The molecule has 328 valence electrons. The number of ether oxygens (including phenoxy) is 2. The summed E-state index contributed by atoms with van der Waals surface area (Å²) in [5.41, 5.74) is 6.75. The van der Waals surface area contributed by atoms with Crippen molar-refractivity contribution >= 4 is 22.9 Å². The summed E-state index contributed by atoms with van der Waals surface area (Å²) in [6, 6.07) is 37.2. The first kappa shape index (κ1) is 43.3. The average molecular weight is 852 g/mol. The van der Waals surface area contributed by atoms with Crippen molar-refractivity contribution in [2.24, 2.45) is 17.8 Å². The number of carbonyl (C=O) groups excluding carboxylic acids is 1. The predicted octanol–water partition coefficient (Wildman–Crippen LogP) is 12.0. The minimum Gasteiger partial charge on any atom is -0.492 e. The third-order valence-electron chi connectivity index (χ3n) is 14.4. The lowest BCUT2D eigenvalue weighted by molar-refractivity contribution is -0.440. The van der Waals surface area contributed by atoms with E-state index in [1.807, 2.05) is 66.7 Å². The molecule has 0 bridgehead atoms. The molecule has 5 aliphatic rings. The minimum absolute atomic E-state index is 0.00954. The van der Waals surface area contributed by atoms with Crippen LogP contribution in [0.4, 0.5) is 11.4 Å². The zero-order valence-electron chi connectivity index (χ0n) is 37.5. The van der Waals surface area contributed by atoms with E-state index in [0.717, 1.165) is 85.6 Å². The summed E-state index contributed by atoms with van der Waals surface area (Å²) in [6.07, 6.45) is 29.4. The van der Waals surface area contributed by atoms with Gasteiger partial charge < -0.3 is 19.5 Å². The third-order valence-corrected chi connectivity index (χ3v) is 14.4. The number of aliphatic hydroxyl groups excluding tert-OH is 1. The number of Topliss-reactive ketones (excluding diaryl/α,β-unsaturated/α-hetero) is 1. The second-order valence-electron chi connectivity index (χ2n) is 18.6. The summed E-state index contributed by atoms with van der Waals surface area (Å²) in [7, 11) is 0. The second kappa shape index (κ2) is 19.4. The smallest absolute Gasteiger partial charge is 0.209 e. The topological polar surface area (TPSA) is 62.0 Å². The Morgan fingerprint density at radius 1 is 0.656 bits per heavy atom. The van der Waals surface area contributed by atoms with E-state index in [4.69, 9.17) is 9.47 Å². The van der Waals surface area contributed by atoms with Crippen LogP contribution >= 0.6 is 0 Å². The molecule has 0 radical (unpaired) electrons. The van der Waals surface area contributed by atoms with Gasteiger partial charge >= 0.3 is 0 Å². The van der Waals surface area contributed by atoms with Crippen molar-refractivity contribution < 1.29 is 24.0 Å². The van der Waals surface area contributed by atoms with Crippen LogP contribution in [-0.4, -0.2) is 53.6 Å². The van der Waals surface area contributed by atoms with Gasteiger partial charge in [-0.25, -0.2) is 0 Å². The largest absolute Gasteiger partial charge is 0.492 e. The standard InChI is InChI=1S/C58H63N2O4/c1-57(35-19-17-25-43-21-9-10-22-43)49-31-13-15-33-51(49)59(37-39-63-45-27-5-3-6-28-45)53(57)41-47-55(61)48(56(47)62)42-54-58(2,36-20-18-26-44-23-11-12-24-44)50-32-14-16-34-52(50)60(54)38-40-64-46-29-7-4-8-30-46/h3-16,21-24,27-34,41-44,47,55,61H,17-20,25-26,35-40H2,1-2H3/q+1. The van der Waals surface area contributed by atoms with Gasteiger partial charge in [-0.15, -0.1) is 0 Å². The number of anilines is 1. The fraction of sp³-hybridized carbons (Fsp3) is 0.345. The number of rotatable bonds is 20. The second-order valence-corrected chi connectivity index (χ2v) is 18.6. The maximum atomic E-state index is 14.7. The molecule has 1 saturated carbocycles. The fourth-order valence-electron chi connectivity index (χ4n) is 10.8. The first-order valence-electron chi connectivity index (χ1n) is 23.7. The predicted molar refractivity (Wildman–Crippen MR) is 260 cm³/mol. The molecule has 0 spiro atoms. The molecule has 4 unspecified atom stereocenters. The highest BCUT2D eigenvalue weighted by Gasteiger charge is 2.52. The van der Waals surface area contributed by atoms with Crippen LogP contribution in [-0.2, 0) is 15.6 Å². The van der Waals surface area contributed by atoms with Crippen molar-refractivity contribution in [3.63, 3.8) is 0 Å². The Balaban J connectivity index is 1.02. The van der Waals surface area contributed by atoms with Crippen LogP contribution < -0.4 is 14.4 Å². The summed E-state index contributed by atoms with van der Waals surface area (Å²) in [5.74, 6) is 2.01. The monoisotopic (exact) mass is 851 g/mol. The van der Waals surface area contributed by atoms with Crippen molar-refractivity contribution in [3.05, 3.63) is 192 Å². The van der Waals surface area contributed by atoms with Crippen LogP contribution in [0.3, 0.4) is 0 Å². The molecule has 0 saturated heterocycles. The van der Waals surface area contributed by atoms with Gasteiger partial charge in [0.25, 0.3) is 0 Å². The first-order chi connectivity index (χ1) is 31.3. The highest BCUT2D eigenvalue weighted by atomic mass is 16.5. The number of nitrogens with zero attached hydrogens (tertiary/aromatic N) is 2. The summed E-state index contributed by atoms with van der Waals surface area (Å²) in [5, 5.41) is 12.3. The van der Waals surface area contributed by atoms with Crippen LogP contribution in [0.2, 0.25) is 0 Å². The van der Waals surface area contributed by atoms with Crippen molar-refractivity contribution in [1.82, 2.24) is 0 Å². The molecule has 2 heterocycles. The third kappa shape index (κ3) is 8.90. The van der Waals surface area contributed by atoms with E-state index in [9.17, 15) is 9.90 Å². The summed E-state index contributed by atoms with van der Waals surface area (Å²) >= 11 is 0. The Labute approximate surface area is 380 Å². The quantitative estimate of drug-likeness (QED) is 0.0545. The molecule has 0 aromatic heterocycles. The van der Waals surface area contributed by atoms with E-state index in [-0.39, 0.29) is 16.6 Å². The van der Waals surface area contributed by atoms with Gasteiger partial charge in [0.1, 0.15) is 24.7 Å². The van der Waals surface area contributed by atoms with Crippen LogP contribution in [0, 0.1) is 17.8 Å². The molecule has 4 atom stereocenters. The molecule has 2 aliphatic heterocycles.